The first kappa shape index (κ1) is 24.7. The molecule has 0 saturated carbocycles. The van der Waals surface area contributed by atoms with Gasteiger partial charge in [-0.25, -0.2) is 27.8 Å². The highest BCUT2D eigenvalue weighted by molar-refractivity contribution is 6.27. The van der Waals surface area contributed by atoms with Crippen LogP contribution in [0.3, 0.4) is 0 Å². The fourth-order valence-electron chi connectivity index (χ4n) is 4.20. The first-order valence-corrected chi connectivity index (χ1v) is 11.4. The predicted molar refractivity (Wildman–Crippen MR) is 122 cm³/mol. The number of alkyl halides is 1. The van der Waals surface area contributed by atoms with Crippen molar-refractivity contribution in [2.75, 3.05) is 24.7 Å². The summed E-state index contributed by atoms with van der Waals surface area (Å²) < 4.78 is 76.6. The molecule has 0 bridgehead atoms. The predicted octanol–water partition coefficient (Wildman–Crippen LogP) is 4.58. The zero-order valence-corrected chi connectivity index (χ0v) is 19.4. The molecule has 1 amide bonds. The number of carbonyl (C=O) groups is 1. The average molecular weight is 539 g/mol. The molecule has 8 nitrogen and oxygen atoms in total. The summed E-state index contributed by atoms with van der Waals surface area (Å²) in [5, 5.41) is 4.76. The van der Waals surface area contributed by atoms with Crippen molar-refractivity contribution in [1.29, 1.82) is 0 Å². The lowest BCUT2D eigenvalue weighted by atomic mass is 10.1. The lowest BCUT2D eigenvalue weighted by Gasteiger charge is -2.15. The maximum atomic E-state index is 15.2. The lowest BCUT2D eigenvalue weighted by molar-refractivity contribution is -0.127. The minimum atomic E-state index is -1.77. The quantitative estimate of drug-likeness (QED) is 0.227. The number of aromatic nitrogens is 4. The molecular weight excluding hydrogens is 523 g/mol. The van der Waals surface area contributed by atoms with Crippen molar-refractivity contribution in [3.63, 3.8) is 0 Å². The SMILES string of the molecule is Nc1ncnc2c1c(-c1ccc(Oc3c(F)c(F)cc(F)c3F)cc1F)nn2C1CCN(C(=O)CCl)C1. The normalized spacial score (nSPS) is 15.5. The first-order chi connectivity index (χ1) is 17.7. The summed E-state index contributed by atoms with van der Waals surface area (Å²) in [5.74, 6) is -9.96. The largest absolute Gasteiger partial charge is 0.451 e. The Morgan fingerprint density at radius 1 is 1.08 bits per heavy atom. The van der Waals surface area contributed by atoms with E-state index in [0.717, 1.165) is 12.1 Å². The highest BCUT2D eigenvalue weighted by Gasteiger charge is 2.31. The van der Waals surface area contributed by atoms with Gasteiger partial charge in [0.15, 0.2) is 17.3 Å². The van der Waals surface area contributed by atoms with Gasteiger partial charge in [0.25, 0.3) is 0 Å². The molecule has 1 aliphatic heterocycles. The van der Waals surface area contributed by atoms with Crippen LogP contribution in [0.15, 0.2) is 30.6 Å². The van der Waals surface area contributed by atoms with Gasteiger partial charge in [0.1, 0.15) is 35.3 Å². The Labute approximate surface area is 210 Å². The van der Waals surface area contributed by atoms with E-state index in [0.29, 0.717) is 25.2 Å². The Hall–Kier alpha value is -4.00. The third-order valence-electron chi connectivity index (χ3n) is 5.98. The molecule has 14 heteroatoms. The molecule has 1 atom stereocenters. The summed E-state index contributed by atoms with van der Waals surface area (Å²) in [6, 6.07) is 2.86. The molecular formula is C23H16ClF5N6O2. The molecule has 1 unspecified atom stereocenters. The fourth-order valence-corrected chi connectivity index (χ4v) is 4.37. The van der Waals surface area contributed by atoms with E-state index in [-0.39, 0.29) is 46.4 Å². The Kier molecular flexibility index (Phi) is 6.31. The fraction of sp³-hybridized carbons (Fsp3) is 0.217. The molecule has 3 heterocycles. The first-order valence-electron chi connectivity index (χ1n) is 10.8. The van der Waals surface area contributed by atoms with E-state index in [1.807, 2.05) is 0 Å². The van der Waals surface area contributed by atoms with Crippen LogP contribution in [0.1, 0.15) is 12.5 Å². The average Bonchev–Trinajstić information content (AvgIpc) is 3.51. The zero-order valence-electron chi connectivity index (χ0n) is 18.7. The topological polar surface area (TPSA) is 99.2 Å². The molecule has 5 rings (SSSR count). The Bertz CT molecular complexity index is 1520. The van der Waals surface area contributed by atoms with Crippen LogP contribution in [0.5, 0.6) is 11.5 Å². The number of likely N-dealkylation sites (tertiary alicyclic amines) is 1. The van der Waals surface area contributed by atoms with Gasteiger partial charge in [0.2, 0.25) is 23.3 Å². The highest BCUT2D eigenvalue weighted by Crippen LogP contribution is 2.37. The van der Waals surface area contributed by atoms with Gasteiger partial charge in [-0.1, -0.05) is 0 Å². The molecule has 2 aromatic heterocycles. The number of nitrogens with zero attached hydrogens (tertiary/aromatic N) is 5. The van der Waals surface area contributed by atoms with Gasteiger partial charge in [0, 0.05) is 30.8 Å². The smallest absolute Gasteiger partial charge is 0.237 e. The van der Waals surface area contributed by atoms with Crippen LogP contribution in [-0.2, 0) is 4.79 Å². The number of nitrogen functional groups attached to an aromatic ring is 1. The van der Waals surface area contributed by atoms with Crippen molar-refractivity contribution in [3.8, 4) is 22.8 Å². The minimum Gasteiger partial charge on any atom is -0.451 e. The number of hydrogen-bond donors (Lipinski definition) is 1. The van der Waals surface area contributed by atoms with Crippen molar-refractivity contribution in [1.82, 2.24) is 24.6 Å². The standard InChI is InChI=1S/C23H16ClF5N6O2/c24-7-16(36)34-4-3-10(8-34)35-23-17(22(30)31-9-32-23)20(33-35)12-2-1-11(5-13(12)25)37-21-18(28)14(26)6-15(27)19(21)29/h1-2,5-6,9-10H,3-4,7-8H2,(H2,30,31,32). The molecule has 0 radical (unpaired) electrons. The molecule has 37 heavy (non-hydrogen) atoms. The van der Waals surface area contributed by atoms with Crippen LogP contribution in [0.4, 0.5) is 27.8 Å². The van der Waals surface area contributed by atoms with Crippen molar-refractivity contribution >= 4 is 34.4 Å². The van der Waals surface area contributed by atoms with E-state index in [4.69, 9.17) is 22.1 Å². The second-order valence-electron chi connectivity index (χ2n) is 8.21. The number of halogens is 6. The zero-order chi connectivity index (χ0) is 26.4. The molecule has 4 aromatic rings. The summed E-state index contributed by atoms with van der Waals surface area (Å²) >= 11 is 5.66. The Morgan fingerprint density at radius 2 is 1.81 bits per heavy atom. The van der Waals surface area contributed by atoms with Crippen molar-refractivity contribution in [2.24, 2.45) is 0 Å². The number of amides is 1. The monoisotopic (exact) mass is 538 g/mol. The summed E-state index contributed by atoms with van der Waals surface area (Å²) in [5.41, 5.74) is 6.37. The molecule has 192 valence electrons. The molecule has 1 fully saturated rings. The highest BCUT2D eigenvalue weighted by atomic mass is 35.5. The van der Waals surface area contributed by atoms with Gasteiger partial charge >= 0.3 is 0 Å². The molecule has 0 aliphatic carbocycles. The summed E-state index contributed by atoms with van der Waals surface area (Å²) in [6.07, 6.45) is 1.77. The van der Waals surface area contributed by atoms with Crippen molar-refractivity contribution < 1.29 is 31.5 Å². The Morgan fingerprint density at radius 3 is 2.49 bits per heavy atom. The second-order valence-corrected chi connectivity index (χ2v) is 8.47. The van der Waals surface area contributed by atoms with E-state index in [1.165, 1.54) is 17.1 Å². The van der Waals surface area contributed by atoms with Crippen LogP contribution >= 0.6 is 11.6 Å². The van der Waals surface area contributed by atoms with Gasteiger partial charge in [0.05, 0.1) is 11.4 Å². The molecule has 1 saturated heterocycles. The number of carbonyl (C=O) groups excluding carboxylic acids is 1. The van der Waals surface area contributed by atoms with Gasteiger partial charge in [-0.15, -0.1) is 11.6 Å². The van der Waals surface area contributed by atoms with Crippen molar-refractivity contribution in [3.05, 3.63) is 59.7 Å². The number of hydrogen-bond acceptors (Lipinski definition) is 6. The van der Waals surface area contributed by atoms with Crippen LogP contribution in [0.2, 0.25) is 0 Å². The lowest BCUT2D eigenvalue weighted by Crippen LogP contribution is -2.30. The van der Waals surface area contributed by atoms with Gasteiger partial charge < -0.3 is 15.4 Å². The third kappa shape index (κ3) is 4.28. The summed E-state index contributed by atoms with van der Waals surface area (Å²) in [7, 11) is 0. The minimum absolute atomic E-state index is 0.0250. The number of nitrogens with two attached hydrogens (primary N) is 1. The maximum Gasteiger partial charge on any atom is 0.237 e. The number of rotatable bonds is 5. The molecule has 1 aliphatic rings. The molecule has 2 N–H and O–H groups in total. The van der Waals surface area contributed by atoms with E-state index in [9.17, 15) is 22.4 Å². The second kappa shape index (κ2) is 9.47. The number of anilines is 1. The van der Waals surface area contributed by atoms with Crippen molar-refractivity contribution in [2.45, 2.75) is 12.5 Å². The van der Waals surface area contributed by atoms with Gasteiger partial charge in [-0.05, 0) is 18.6 Å². The number of benzene rings is 2. The Balaban J connectivity index is 1.54. The van der Waals surface area contributed by atoms with Gasteiger partial charge in [-0.3, -0.25) is 4.79 Å². The summed E-state index contributed by atoms with van der Waals surface area (Å²) in [4.78, 5) is 21.8. The summed E-state index contributed by atoms with van der Waals surface area (Å²) in [6.45, 7) is 0.754. The maximum absolute atomic E-state index is 15.2. The molecule has 2 aromatic carbocycles. The van der Waals surface area contributed by atoms with E-state index in [1.54, 1.807) is 4.90 Å². The van der Waals surface area contributed by atoms with Crippen LogP contribution in [0.25, 0.3) is 22.3 Å². The van der Waals surface area contributed by atoms with Crippen LogP contribution in [0, 0.1) is 29.1 Å². The van der Waals surface area contributed by atoms with E-state index < -0.39 is 40.6 Å². The van der Waals surface area contributed by atoms with Crippen LogP contribution < -0.4 is 10.5 Å². The van der Waals surface area contributed by atoms with Gasteiger partial charge in [-0.2, -0.15) is 13.9 Å². The van der Waals surface area contributed by atoms with Crippen LogP contribution in [-0.4, -0.2) is 49.5 Å². The number of ether oxygens (including phenoxy) is 1. The molecule has 0 spiro atoms. The third-order valence-corrected chi connectivity index (χ3v) is 6.21. The number of fused-ring (bicyclic) bond motifs is 1. The van der Waals surface area contributed by atoms with E-state index >= 15 is 4.39 Å². The van der Waals surface area contributed by atoms with E-state index in [2.05, 4.69) is 15.1 Å².